The molecule has 0 aromatic heterocycles. The Balaban J connectivity index is 2.45. The van der Waals surface area contributed by atoms with Crippen LogP contribution in [-0.4, -0.2) is 36.7 Å². The van der Waals surface area contributed by atoms with Crippen molar-refractivity contribution in [2.75, 3.05) is 13.2 Å². The molecule has 1 unspecified atom stereocenters. The van der Waals surface area contributed by atoms with Crippen LogP contribution in [-0.2, 0) is 4.79 Å². The highest BCUT2D eigenvalue weighted by Gasteiger charge is 2.17. The van der Waals surface area contributed by atoms with Crippen LogP contribution in [0.3, 0.4) is 0 Å². The van der Waals surface area contributed by atoms with Crippen molar-refractivity contribution in [3.8, 4) is 5.75 Å². The number of ether oxygens (including phenoxy) is 1. The molecule has 0 radical (unpaired) electrons. The molecule has 1 aromatic carbocycles. The van der Waals surface area contributed by atoms with E-state index in [1.807, 2.05) is 26.0 Å². The summed E-state index contributed by atoms with van der Waals surface area (Å²) in [6.45, 7) is 3.23. The molecule has 6 heteroatoms. The van der Waals surface area contributed by atoms with Crippen molar-refractivity contribution in [2.24, 2.45) is 0 Å². The predicted molar refractivity (Wildman–Crippen MR) is 71.0 cm³/mol. The maximum Gasteiger partial charge on any atom is 0.265 e. The van der Waals surface area contributed by atoms with Gasteiger partial charge in [0, 0.05) is 6.54 Å². The fourth-order valence-corrected chi connectivity index (χ4v) is 1.59. The molecule has 0 heterocycles. The Labute approximate surface area is 116 Å². The van der Waals surface area contributed by atoms with E-state index in [-0.39, 0.29) is 12.5 Å². The minimum absolute atomic E-state index is 0.245. The molecule has 0 aliphatic carbocycles. The van der Waals surface area contributed by atoms with Crippen LogP contribution in [0.5, 0.6) is 5.75 Å². The van der Waals surface area contributed by atoms with E-state index >= 15 is 0 Å². The SMILES string of the molecule is CC(C)c1ccccc1OCC(=O)NCC(O)C(F)F. The monoisotopic (exact) mass is 287 g/mol. The zero-order valence-electron chi connectivity index (χ0n) is 11.5. The quantitative estimate of drug-likeness (QED) is 0.805. The van der Waals surface area contributed by atoms with Crippen molar-refractivity contribution in [2.45, 2.75) is 32.3 Å². The molecule has 2 N–H and O–H groups in total. The average molecular weight is 287 g/mol. The Morgan fingerprint density at radius 2 is 2.00 bits per heavy atom. The highest BCUT2D eigenvalue weighted by atomic mass is 19.3. The van der Waals surface area contributed by atoms with Crippen LogP contribution in [0.25, 0.3) is 0 Å². The van der Waals surface area contributed by atoms with Gasteiger partial charge >= 0.3 is 0 Å². The van der Waals surface area contributed by atoms with E-state index in [1.54, 1.807) is 12.1 Å². The third-order valence-corrected chi connectivity index (χ3v) is 2.70. The molecule has 0 saturated heterocycles. The van der Waals surface area contributed by atoms with Crippen molar-refractivity contribution in [1.82, 2.24) is 5.32 Å². The first-order valence-electron chi connectivity index (χ1n) is 6.36. The summed E-state index contributed by atoms with van der Waals surface area (Å²) in [6, 6.07) is 7.32. The molecule has 20 heavy (non-hydrogen) atoms. The Morgan fingerprint density at radius 3 is 2.60 bits per heavy atom. The molecule has 112 valence electrons. The lowest BCUT2D eigenvalue weighted by Gasteiger charge is -2.14. The van der Waals surface area contributed by atoms with Gasteiger partial charge in [0.05, 0.1) is 0 Å². The maximum absolute atomic E-state index is 12.0. The fraction of sp³-hybridized carbons (Fsp3) is 0.500. The Bertz CT molecular complexity index is 438. The summed E-state index contributed by atoms with van der Waals surface area (Å²) >= 11 is 0. The van der Waals surface area contributed by atoms with Gasteiger partial charge < -0.3 is 15.2 Å². The number of carbonyl (C=O) groups is 1. The number of halogens is 2. The number of aliphatic hydroxyl groups is 1. The molecular formula is C14H19F2NO3. The van der Waals surface area contributed by atoms with E-state index in [1.165, 1.54) is 0 Å². The van der Waals surface area contributed by atoms with Crippen molar-refractivity contribution in [3.05, 3.63) is 29.8 Å². The van der Waals surface area contributed by atoms with Gasteiger partial charge in [0.1, 0.15) is 11.9 Å². The van der Waals surface area contributed by atoms with Gasteiger partial charge in [-0.2, -0.15) is 0 Å². The lowest BCUT2D eigenvalue weighted by molar-refractivity contribution is -0.124. The molecule has 0 fully saturated rings. The summed E-state index contributed by atoms with van der Waals surface area (Å²) < 4.78 is 29.4. The lowest BCUT2D eigenvalue weighted by Crippen LogP contribution is -2.38. The largest absolute Gasteiger partial charge is 0.483 e. The molecule has 4 nitrogen and oxygen atoms in total. The molecule has 1 rings (SSSR count). The molecule has 0 bridgehead atoms. The van der Waals surface area contributed by atoms with E-state index in [2.05, 4.69) is 5.32 Å². The second kappa shape index (κ2) is 7.79. The molecule has 0 spiro atoms. The molecule has 0 saturated carbocycles. The number of benzene rings is 1. The van der Waals surface area contributed by atoms with E-state index < -0.39 is 25.0 Å². The molecular weight excluding hydrogens is 268 g/mol. The van der Waals surface area contributed by atoms with E-state index in [4.69, 9.17) is 9.84 Å². The smallest absolute Gasteiger partial charge is 0.265 e. The number of hydrogen-bond donors (Lipinski definition) is 2. The lowest BCUT2D eigenvalue weighted by atomic mass is 10.0. The van der Waals surface area contributed by atoms with Crippen molar-refractivity contribution < 1.29 is 23.4 Å². The highest BCUT2D eigenvalue weighted by Crippen LogP contribution is 2.25. The third-order valence-electron chi connectivity index (χ3n) is 2.70. The predicted octanol–water partition coefficient (Wildman–Crippen LogP) is 1.93. The first kappa shape index (κ1) is 16.4. The second-order valence-corrected chi connectivity index (χ2v) is 4.69. The number of rotatable bonds is 7. The van der Waals surface area contributed by atoms with Crippen molar-refractivity contribution >= 4 is 5.91 Å². The van der Waals surface area contributed by atoms with Crippen molar-refractivity contribution in [3.63, 3.8) is 0 Å². The van der Waals surface area contributed by atoms with E-state index in [0.29, 0.717) is 5.75 Å². The van der Waals surface area contributed by atoms with Crippen LogP contribution < -0.4 is 10.1 Å². The zero-order chi connectivity index (χ0) is 15.1. The van der Waals surface area contributed by atoms with Crippen LogP contribution >= 0.6 is 0 Å². The summed E-state index contributed by atoms with van der Waals surface area (Å²) in [6.07, 6.45) is -4.74. The number of alkyl halides is 2. The van der Waals surface area contributed by atoms with E-state index in [9.17, 15) is 13.6 Å². The molecule has 1 aromatic rings. The number of hydrogen-bond acceptors (Lipinski definition) is 3. The summed E-state index contributed by atoms with van der Waals surface area (Å²) in [5.41, 5.74) is 0.966. The number of carbonyl (C=O) groups excluding carboxylic acids is 1. The zero-order valence-corrected chi connectivity index (χ0v) is 11.5. The Morgan fingerprint density at radius 1 is 1.35 bits per heavy atom. The fourth-order valence-electron chi connectivity index (χ4n) is 1.59. The van der Waals surface area contributed by atoms with Crippen LogP contribution in [0, 0.1) is 0 Å². The van der Waals surface area contributed by atoms with Crippen LogP contribution in [0.2, 0.25) is 0 Å². The molecule has 0 aliphatic heterocycles. The highest BCUT2D eigenvalue weighted by molar-refractivity contribution is 5.77. The summed E-state index contributed by atoms with van der Waals surface area (Å²) in [5, 5.41) is 11.1. The Hall–Kier alpha value is -1.69. The van der Waals surface area contributed by atoms with Crippen LogP contribution in [0.15, 0.2) is 24.3 Å². The van der Waals surface area contributed by atoms with Crippen LogP contribution in [0.1, 0.15) is 25.3 Å². The summed E-state index contributed by atoms with van der Waals surface area (Å²) in [4.78, 5) is 11.4. The second-order valence-electron chi connectivity index (χ2n) is 4.69. The maximum atomic E-state index is 12.0. The van der Waals surface area contributed by atoms with Gasteiger partial charge in [0.15, 0.2) is 6.61 Å². The van der Waals surface area contributed by atoms with Crippen molar-refractivity contribution in [1.29, 1.82) is 0 Å². The topological polar surface area (TPSA) is 58.6 Å². The van der Waals surface area contributed by atoms with E-state index in [0.717, 1.165) is 5.56 Å². The van der Waals surface area contributed by atoms with Gasteiger partial charge in [-0.1, -0.05) is 32.0 Å². The Kier molecular flexibility index (Phi) is 6.38. The van der Waals surface area contributed by atoms with Gasteiger partial charge in [-0.25, -0.2) is 8.78 Å². The molecule has 0 aliphatic rings. The van der Waals surface area contributed by atoms with Crippen LogP contribution in [0.4, 0.5) is 8.78 Å². The van der Waals surface area contributed by atoms with Gasteiger partial charge in [0.25, 0.3) is 12.3 Å². The number of aliphatic hydroxyl groups excluding tert-OH is 1. The normalized spacial score (nSPS) is 12.6. The first-order valence-corrected chi connectivity index (χ1v) is 6.36. The standard InChI is InChI=1S/C14H19F2NO3/c1-9(2)10-5-3-4-6-12(10)20-8-13(19)17-7-11(18)14(15)16/h3-6,9,11,14,18H,7-8H2,1-2H3,(H,17,19). The first-order chi connectivity index (χ1) is 9.41. The number of amides is 1. The minimum Gasteiger partial charge on any atom is -0.483 e. The van der Waals surface area contributed by atoms with Gasteiger partial charge in [-0.3, -0.25) is 4.79 Å². The van der Waals surface area contributed by atoms with Gasteiger partial charge in [0.2, 0.25) is 0 Å². The van der Waals surface area contributed by atoms with Gasteiger partial charge in [-0.05, 0) is 17.5 Å². The molecule has 1 amide bonds. The average Bonchev–Trinajstić information content (AvgIpc) is 2.42. The summed E-state index contributed by atoms with van der Waals surface area (Å²) in [7, 11) is 0. The summed E-state index contributed by atoms with van der Waals surface area (Å²) in [5.74, 6) is 0.283. The number of para-hydroxylation sites is 1. The third kappa shape index (κ3) is 5.13. The minimum atomic E-state index is -2.88. The molecule has 1 atom stereocenters. The number of nitrogens with one attached hydrogen (secondary N) is 1. The van der Waals surface area contributed by atoms with Gasteiger partial charge in [-0.15, -0.1) is 0 Å².